The predicted octanol–water partition coefficient (Wildman–Crippen LogP) is 4.82. The van der Waals surface area contributed by atoms with Gasteiger partial charge in [0.25, 0.3) is 0 Å². The van der Waals surface area contributed by atoms with Crippen LogP contribution in [-0.2, 0) is 0 Å². The van der Waals surface area contributed by atoms with Crippen molar-refractivity contribution in [3.05, 3.63) is 41.2 Å². The standard InChI is InChI=1S/C16H21ClN4/c1-4-9-18-15-14(11(2)3)16(20-10-19-15)21-13-7-5-12(17)6-8-13/h5-8,10-11H,4,9H2,1-3H3,(H2,18,19,20,21). The molecule has 5 heteroatoms. The second-order valence-electron chi connectivity index (χ2n) is 5.20. The van der Waals surface area contributed by atoms with Gasteiger partial charge in [-0.15, -0.1) is 0 Å². The van der Waals surface area contributed by atoms with Gasteiger partial charge in [-0.05, 0) is 36.6 Å². The van der Waals surface area contributed by atoms with Gasteiger partial charge in [0.15, 0.2) is 0 Å². The third-order valence-corrected chi connectivity index (χ3v) is 3.36. The third kappa shape index (κ3) is 4.08. The second-order valence-corrected chi connectivity index (χ2v) is 5.63. The first-order valence-electron chi connectivity index (χ1n) is 7.23. The van der Waals surface area contributed by atoms with Gasteiger partial charge in [0, 0.05) is 22.8 Å². The Bertz CT molecular complexity index is 581. The largest absolute Gasteiger partial charge is 0.370 e. The molecular formula is C16H21ClN4. The minimum absolute atomic E-state index is 0.320. The lowest BCUT2D eigenvalue weighted by Crippen LogP contribution is -2.10. The first-order chi connectivity index (χ1) is 10.1. The summed E-state index contributed by atoms with van der Waals surface area (Å²) in [6.07, 6.45) is 2.64. The van der Waals surface area contributed by atoms with Crippen LogP contribution in [0.15, 0.2) is 30.6 Å². The molecule has 0 radical (unpaired) electrons. The Morgan fingerprint density at radius 2 is 1.76 bits per heavy atom. The van der Waals surface area contributed by atoms with Crippen molar-refractivity contribution in [1.82, 2.24) is 9.97 Å². The van der Waals surface area contributed by atoms with E-state index in [4.69, 9.17) is 11.6 Å². The number of nitrogens with zero attached hydrogens (tertiary/aromatic N) is 2. The quantitative estimate of drug-likeness (QED) is 0.803. The van der Waals surface area contributed by atoms with E-state index in [0.29, 0.717) is 5.92 Å². The SMILES string of the molecule is CCCNc1ncnc(Nc2ccc(Cl)cc2)c1C(C)C. The first-order valence-corrected chi connectivity index (χ1v) is 7.61. The molecule has 0 aliphatic rings. The van der Waals surface area contributed by atoms with Gasteiger partial charge in [0.1, 0.15) is 18.0 Å². The van der Waals surface area contributed by atoms with Crippen LogP contribution in [0.2, 0.25) is 5.02 Å². The molecule has 0 unspecified atom stereocenters. The van der Waals surface area contributed by atoms with Gasteiger partial charge in [-0.25, -0.2) is 9.97 Å². The molecule has 1 aromatic carbocycles. The summed E-state index contributed by atoms with van der Waals surface area (Å²) >= 11 is 5.92. The maximum Gasteiger partial charge on any atom is 0.139 e. The molecule has 2 aromatic rings. The fourth-order valence-corrected chi connectivity index (χ4v) is 2.22. The molecule has 21 heavy (non-hydrogen) atoms. The highest BCUT2D eigenvalue weighted by atomic mass is 35.5. The summed E-state index contributed by atoms with van der Waals surface area (Å²) in [6.45, 7) is 7.32. The maximum atomic E-state index is 5.92. The summed E-state index contributed by atoms with van der Waals surface area (Å²) in [5.74, 6) is 2.06. The number of nitrogens with one attached hydrogen (secondary N) is 2. The molecule has 0 amide bonds. The topological polar surface area (TPSA) is 49.8 Å². The van der Waals surface area contributed by atoms with Crippen LogP contribution in [0.25, 0.3) is 0 Å². The zero-order chi connectivity index (χ0) is 15.2. The summed E-state index contributed by atoms with van der Waals surface area (Å²) in [6, 6.07) is 7.59. The summed E-state index contributed by atoms with van der Waals surface area (Å²) in [7, 11) is 0. The molecular weight excluding hydrogens is 284 g/mol. The molecule has 0 aliphatic heterocycles. The van der Waals surface area contributed by atoms with Crippen LogP contribution in [0.5, 0.6) is 0 Å². The van der Waals surface area contributed by atoms with Crippen molar-refractivity contribution in [3.63, 3.8) is 0 Å². The van der Waals surface area contributed by atoms with E-state index in [1.807, 2.05) is 24.3 Å². The summed E-state index contributed by atoms with van der Waals surface area (Å²) in [4.78, 5) is 8.76. The first kappa shape index (κ1) is 15.6. The molecule has 0 bridgehead atoms. The van der Waals surface area contributed by atoms with E-state index in [1.54, 1.807) is 6.33 Å². The highest BCUT2D eigenvalue weighted by Crippen LogP contribution is 2.30. The van der Waals surface area contributed by atoms with Crippen molar-refractivity contribution in [2.24, 2.45) is 0 Å². The van der Waals surface area contributed by atoms with E-state index < -0.39 is 0 Å². The zero-order valence-electron chi connectivity index (χ0n) is 12.7. The van der Waals surface area contributed by atoms with Gasteiger partial charge < -0.3 is 10.6 Å². The predicted molar refractivity (Wildman–Crippen MR) is 89.6 cm³/mol. The maximum absolute atomic E-state index is 5.92. The molecule has 0 atom stereocenters. The van der Waals surface area contributed by atoms with Crippen molar-refractivity contribution < 1.29 is 0 Å². The van der Waals surface area contributed by atoms with E-state index in [2.05, 4.69) is 41.4 Å². The number of benzene rings is 1. The highest BCUT2D eigenvalue weighted by molar-refractivity contribution is 6.30. The average molecular weight is 305 g/mol. The number of hydrogen-bond donors (Lipinski definition) is 2. The molecule has 0 spiro atoms. The van der Waals surface area contributed by atoms with Crippen molar-refractivity contribution in [2.45, 2.75) is 33.1 Å². The monoisotopic (exact) mass is 304 g/mol. The average Bonchev–Trinajstić information content (AvgIpc) is 2.47. The van der Waals surface area contributed by atoms with Crippen molar-refractivity contribution >= 4 is 28.9 Å². The number of rotatable bonds is 6. The number of halogens is 1. The van der Waals surface area contributed by atoms with Crippen LogP contribution in [0.4, 0.5) is 17.3 Å². The lowest BCUT2D eigenvalue weighted by molar-refractivity contribution is 0.844. The van der Waals surface area contributed by atoms with Gasteiger partial charge in [-0.3, -0.25) is 0 Å². The fourth-order valence-electron chi connectivity index (χ4n) is 2.10. The minimum atomic E-state index is 0.320. The van der Waals surface area contributed by atoms with E-state index in [1.165, 1.54) is 0 Å². The zero-order valence-corrected chi connectivity index (χ0v) is 13.4. The van der Waals surface area contributed by atoms with E-state index in [-0.39, 0.29) is 0 Å². The number of aromatic nitrogens is 2. The summed E-state index contributed by atoms with van der Waals surface area (Å²) < 4.78 is 0. The van der Waals surface area contributed by atoms with E-state index in [0.717, 1.165) is 40.9 Å². The molecule has 1 heterocycles. The van der Waals surface area contributed by atoms with E-state index >= 15 is 0 Å². The van der Waals surface area contributed by atoms with Crippen molar-refractivity contribution in [1.29, 1.82) is 0 Å². The van der Waals surface area contributed by atoms with Crippen LogP contribution in [0.1, 0.15) is 38.7 Å². The fraction of sp³-hybridized carbons (Fsp3) is 0.375. The van der Waals surface area contributed by atoms with Gasteiger partial charge in [-0.1, -0.05) is 32.4 Å². The Balaban J connectivity index is 2.31. The molecule has 0 saturated carbocycles. The summed E-state index contributed by atoms with van der Waals surface area (Å²) in [5.41, 5.74) is 2.06. The van der Waals surface area contributed by atoms with Crippen molar-refractivity contribution in [3.8, 4) is 0 Å². The normalized spacial score (nSPS) is 10.7. The van der Waals surface area contributed by atoms with Crippen molar-refractivity contribution in [2.75, 3.05) is 17.2 Å². The van der Waals surface area contributed by atoms with Crippen LogP contribution in [0.3, 0.4) is 0 Å². The minimum Gasteiger partial charge on any atom is -0.370 e. The summed E-state index contributed by atoms with van der Waals surface area (Å²) in [5, 5.41) is 7.44. The Morgan fingerprint density at radius 1 is 1.10 bits per heavy atom. The molecule has 4 nitrogen and oxygen atoms in total. The number of hydrogen-bond acceptors (Lipinski definition) is 4. The Hall–Kier alpha value is -1.81. The lowest BCUT2D eigenvalue weighted by atomic mass is 10.0. The molecule has 1 aromatic heterocycles. The molecule has 2 N–H and O–H groups in total. The Labute approximate surface area is 131 Å². The number of anilines is 3. The van der Waals surface area contributed by atoms with Crippen LogP contribution >= 0.6 is 11.6 Å². The van der Waals surface area contributed by atoms with E-state index in [9.17, 15) is 0 Å². The Morgan fingerprint density at radius 3 is 2.38 bits per heavy atom. The van der Waals surface area contributed by atoms with Crippen LogP contribution in [-0.4, -0.2) is 16.5 Å². The van der Waals surface area contributed by atoms with Gasteiger partial charge >= 0.3 is 0 Å². The van der Waals surface area contributed by atoms with Crippen LogP contribution in [0, 0.1) is 0 Å². The highest BCUT2D eigenvalue weighted by Gasteiger charge is 2.14. The molecule has 0 saturated heterocycles. The molecule has 112 valence electrons. The van der Waals surface area contributed by atoms with Crippen LogP contribution < -0.4 is 10.6 Å². The van der Waals surface area contributed by atoms with Gasteiger partial charge in [0.05, 0.1) is 0 Å². The molecule has 0 aliphatic carbocycles. The smallest absolute Gasteiger partial charge is 0.139 e. The lowest BCUT2D eigenvalue weighted by Gasteiger charge is -2.17. The second kappa shape index (κ2) is 7.27. The Kier molecular flexibility index (Phi) is 5.39. The van der Waals surface area contributed by atoms with Gasteiger partial charge in [-0.2, -0.15) is 0 Å². The third-order valence-electron chi connectivity index (χ3n) is 3.11. The molecule has 2 rings (SSSR count). The molecule has 0 fully saturated rings. The van der Waals surface area contributed by atoms with Gasteiger partial charge in [0.2, 0.25) is 0 Å².